The van der Waals surface area contributed by atoms with Crippen LogP contribution in [0.5, 0.6) is 0 Å². The van der Waals surface area contributed by atoms with Gasteiger partial charge in [-0.25, -0.2) is 4.52 Å². The van der Waals surface area contributed by atoms with Gasteiger partial charge in [-0.05, 0) is 31.5 Å². The summed E-state index contributed by atoms with van der Waals surface area (Å²) < 4.78 is 1.87. The van der Waals surface area contributed by atoms with Gasteiger partial charge in [0.1, 0.15) is 0 Å². The van der Waals surface area contributed by atoms with Gasteiger partial charge in [0.25, 0.3) is 0 Å². The Morgan fingerprint density at radius 1 is 1.38 bits per heavy atom. The molecule has 118 valence electrons. The summed E-state index contributed by atoms with van der Waals surface area (Å²) in [6, 6.07) is 6.04. The molecule has 0 bridgehead atoms. The van der Waals surface area contributed by atoms with Crippen LogP contribution < -0.4 is 10.6 Å². The molecule has 2 aromatic rings. The second-order valence-corrected chi connectivity index (χ2v) is 5.31. The van der Waals surface area contributed by atoms with E-state index in [1.807, 2.05) is 29.0 Å². The molecule has 1 aliphatic heterocycles. The lowest BCUT2D eigenvalue weighted by atomic mass is 9.94. The van der Waals surface area contributed by atoms with Gasteiger partial charge in [0.15, 0.2) is 0 Å². The van der Waals surface area contributed by atoms with Crippen molar-refractivity contribution in [2.75, 3.05) is 19.6 Å². The van der Waals surface area contributed by atoms with Crippen LogP contribution in [0.4, 0.5) is 0 Å². The zero-order valence-electron chi connectivity index (χ0n) is 11.8. The predicted molar refractivity (Wildman–Crippen MR) is 88.4 cm³/mol. The number of pyridine rings is 1. The van der Waals surface area contributed by atoms with Crippen molar-refractivity contribution >= 4 is 30.3 Å². The minimum Gasteiger partial charge on any atom is -0.387 e. The van der Waals surface area contributed by atoms with E-state index < -0.39 is 5.60 Å². The smallest absolute Gasteiger partial charge is 0.0895 e. The maximum atomic E-state index is 10.4. The lowest BCUT2D eigenvalue weighted by molar-refractivity contribution is 0.0169. The SMILES string of the molecule is Cl.Cl.OC1(CNCc2cnn3ccccc23)CCCNC1. The van der Waals surface area contributed by atoms with E-state index in [1.165, 1.54) is 0 Å². The van der Waals surface area contributed by atoms with E-state index in [1.54, 1.807) is 0 Å². The number of hydrogen-bond donors (Lipinski definition) is 3. The molecule has 1 unspecified atom stereocenters. The Hall–Kier alpha value is -0.850. The zero-order chi connectivity index (χ0) is 13.1. The van der Waals surface area contributed by atoms with E-state index in [4.69, 9.17) is 0 Å². The summed E-state index contributed by atoms with van der Waals surface area (Å²) >= 11 is 0. The Balaban J connectivity index is 0.00000110. The topological polar surface area (TPSA) is 61.6 Å². The molecule has 1 aliphatic rings. The molecule has 0 aromatic carbocycles. The fourth-order valence-corrected chi connectivity index (χ4v) is 2.66. The van der Waals surface area contributed by atoms with Crippen LogP contribution in [0.1, 0.15) is 18.4 Å². The summed E-state index contributed by atoms with van der Waals surface area (Å²) in [6.07, 6.45) is 5.72. The fourth-order valence-electron chi connectivity index (χ4n) is 2.66. The molecule has 0 saturated carbocycles. The van der Waals surface area contributed by atoms with Crippen LogP contribution in [0.25, 0.3) is 5.52 Å². The van der Waals surface area contributed by atoms with Gasteiger partial charge in [0, 0.05) is 31.4 Å². The van der Waals surface area contributed by atoms with Gasteiger partial charge >= 0.3 is 0 Å². The van der Waals surface area contributed by atoms with E-state index >= 15 is 0 Å². The summed E-state index contributed by atoms with van der Waals surface area (Å²) in [4.78, 5) is 0. The first kappa shape index (κ1) is 18.2. The van der Waals surface area contributed by atoms with E-state index in [0.29, 0.717) is 13.1 Å². The Morgan fingerprint density at radius 3 is 3.00 bits per heavy atom. The number of piperidine rings is 1. The largest absolute Gasteiger partial charge is 0.387 e. The van der Waals surface area contributed by atoms with Gasteiger partial charge in [-0.1, -0.05) is 6.07 Å². The molecule has 3 N–H and O–H groups in total. The number of aromatic nitrogens is 2. The summed E-state index contributed by atoms with van der Waals surface area (Å²) in [7, 11) is 0. The second-order valence-electron chi connectivity index (χ2n) is 5.31. The van der Waals surface area contributed by atoms with Crippen molar-refractivity contribution in [3.8, 4) is 0 Å². The van der Waals surface area contributed by atoms with Gasteiger partial charge in [-0.2, -0.15) is 5.10 Å². The molecular formula is C14H22Cl2N4O. The maximum Gasteiger partial charge on any atom is 0.0895 e. The van der Waals surface area contributed by atoms with Gasteiger partial charge < -0.3 is 15.7 Å². The van der Waals surface area contributed by atoms with Gasteiger partial charge in [-0.15, -0.1) is 24.8 Å². The number of halogens is 2. The fraction of sp³-hybridized carbons (Fsp3) is 0.500. The van der Waals surface area contributed by atoms with Crippen LogP contribution in [0.15, 0.2) is 30.6 Å². The minimum atomic E-state index is -0.610. The third-order valence-electron chi connectivity index (χ3n) is 3.73. The quantitative estimate of drug-likeness (QED) is 0.791. The lowest BCUT2D eigenvalue weighted by Gasteiger charge is -2.32. The average Bonchev–Trinajstić information content (AvgIpc) is 2.83. The third kappa shape index (κ3) is 4.31. The molecular weight excluding hydrogens is 311 g/mol. The van der Waals surface area contributed by atoms with Crippen molar-refractivity contribution in [3.05, 3.63) is 36.2 Å². The zero-order valence-corrected chi connectivity index (χ0v) is 13.4. The van der Waals surface area contributed by atoms with Crippen molar-refractivity contribution < 1.29 is 5.11 Å². The lowest BCUT2D eigenvalue weighted by Crippen LogP contribution is -2.51. The number of fused-ring (bicyclic) bond motifs is 1. The van der Waals surface area contributed by atoms with E-state index in [-0.39, 0.29) is 24.8 Å². The third-order valence-corrected chi connectivity index (χ3v) is 3.73. The number of β-amino-alcohol motifs (C(OH)–C–C–N with tert-alkyl or cyclic N) is 1. The summed E-state index contributed by atoms with van der Waals surface area (Å²) in [5, 5.41) is 21.3. The van der Waals surface area contributed by atoms with Crippen molar-refractivity contribution in [2.45, 2.75) is 25.0 Å². The highest BCUT2D eigenvalue weighted by atomic mass is 35.5. The molecule has 0 aliphatic carbocycles. The normalized spacial score (nSPS) is 21.6. The predicted octanol–water partition coefficient (Wildman–Crippen LogP) is 1.38. The first-order valence-corrected chi connectivity index (χ1v) is 6.82. The number of nitrogens with one attached hydrogen (secondary N) is 2. The van der Waals surface area contributed by atoms with Crippen molar-refractivity contribution in [1.82, 2.24) is 20.2 Å². The molecule has 7 heteroatoms. The van der Waals surface area contributed by atoms with Crippen LogP contribution in [-0.4, -0.2) is 40.0 Å². The molecule has 0 amide bonds. The number of rotatable bonds is 4. The van der Waals surface area contributed by atoms with Gasteiger partial charge in [-0.3, -0.25) is 0 Å². The summed E-state index contributed by atoms with van der Waals surface area (Å²) in [6.45, 7) is 3.03. The Morgan fingerprint density at radius 2 is 2.24 bits per heavy atom. The second kappa shape index (κ2) is 7.96. The Kier molecular flexibility index (Phi) is 6.90. The molecule has 21 heavy (non-hydrogen) atoms. The molecule has 0 radical (unpaired) electrons. The molecule has 5 nitrogen and oxygen atoms in total. The highest BCUT2D eigenvalue weighted by Crippen LogP contribution is 2.15. The maximum absolute atomic E-state index is 10.4. The number of nitrogens with zero attached hydrogens (tertiary/aromatic N) is 2. The standard InChI is InChI=1S/C14H20N4O.2ClH/c19-14(5-3-6-15-10-14)11-16-8-12-9-17-18-7-2-1-4-13(12)18;;/h1-2,4,7,9,15-16,19H,3,5-6,8,10-11H2;2*1H. The van der Waals surface area contributed by atoms with Crippen molar-refractivity contribution in [2.24, 2.45) is 0 Å². The molecule has 1 atom stereocenters. The number of hydrogen-bond acceptors (Lipinski definition) is 4. The van der Waals surface area contributed by atoms with Gasteiger partial charge in [0.2, 0.25) is 0 Å². The van der Waals surface area contributed by atoms with E-state index in [0.717, 1.165) is 37.0 Å². The highest BCUT2D eigenvalue weighted by molar-refractivity contribution is 5.85. The van der Waals surface area contributed by atoms with Crippen molar-refractivity contribution in [3.63, 3.8) is 0 Å². The summed E-state index contributed by atoms with van der Waals surface area (Å²) in [5.41, 5.74) is 1.66. The molecule has 2 aromatic heterocycles. The first-order chi connectivity index (χ1) is 9.27. The Labute approximate surface area is 136 Å². The molecule has 0 spiro atoms. The van der Waals surface area contributed by atoms with Crippen LogP contribution in [0, 0.1) is 0 Å². The monoisotopic (exact) mass is 332 g/mol. The van der Waals surface area contributed by atoms with Crippen LogP contribution in [0.2, 0.25) is 0 Å². The number of aliphatic hydroxyl groups is 1. The molecule has 3 heterocycles. The van der Waals surface area contributed by atoms with E-state index in [9.17, 15) is 5.11 Å². The van der Waals surface area contributed by atoms with Crippen LogP contribution >= 0.6 is 24.8 Å². The molecule has 3 rings (SSSR count). The van der Waals surface area contributed by atoms with Gasteiger partial charge in [0.05, 0.1) is 17.3 Å². The first-order valence-electron chi connectivity index (χ1n) is 6.82. The average molecular weight is 333 g/mol. The van der Waals surface area contributed by atoms with Crippen LogP contribution in [-0.2, 0) is 6.54 Å². The summed E-state index contributed by atoms with van der Waals surface area (Å²) in [5.74, 6) is 0. The van der Waals surface area contributed by atoms with E-state index in [2.05, 4.69) is 21.8 Å². The minimum absolute atomic E-state index is 0. The molecule has 1 saturated heterocycles. The Bertz CT molecular complexity index is 555. The molecule has 1 fully saturated rings. The van der Waals surface area contributed by atoms with Crippen molar-refractivity contribution in [1.29, 1.82) is 0 Å². The highest BCUT2D eigenvalue weighted by Gasteiger charge is 2.28. The van der Waals surface area contributed by atoms with Crippen LogP contribution in [0.3, 0.4) is 0 Å².